The van der Waals surface area contributed by atoms with Crippen LogP contribution in [0.1, 0.15) is 56.6 Å². The second kappa shape index (κ2) is 8.26. The number of aryl methyl sites for hydroxylation is 2. The maximum Gasteiger partial charge on any atom is 0.311 e. The first-order valence-electron chi connectivity index (χ1n) is 9.88. The third-order valence-corrected chi connectivity index (χ3v) is 5.74. The van der Waals surface area contributed by atoms with Crippen LogP contribution in [0.2, 0.25) is 0 Å². The molecule has 1 aliphatic heterocycles. The molecule has 1 aliphatic rings. The van der Waals surface area contributed by atoms with Crippen LogP contribution in [0.3, 0.4) is 0 Å². The highest BCUT2D eigenvalue weighted by Crippen LogP contribution is 2.30. The first kappa shape index (κ1) is 21.5. The molecule has 30 heavy (non-hydrogen) atoms. The number of rotatable bonds is 6. The molecule has 1 aromatic heterocycles. The van der Waals surface area contributed by atoms with Gasteiger partial charge in [0.2, 0.25) is 11.7 Å². The van der Waals surface area contributed by atoms with Crippen LogP contribution in [0.5, 0.6) is 0 Å². The molecular weight excluding hydrogens is 384 g/mol. The number of anilines is 1. The largest absolute Gasteiger partial charge is 0.457 e. The van der Waals surface area contributed by atoms with Crippen LogP contribution >= 0.6 is 0 Å². The van der Waals surface area contributed by atoms with Crippen LogP contribution in [0.25, 0.3) is 0 Å². The van der Waals surface area contributed by atoms with Crippen molar-refractivity contribution in [3.05, 3.63) is 51.8 Å². The van der Waals surface area contributed by atoms with E-state index in [1.54, 1.807) is 18.7 Å². The van der Waals surface area contributed by atoms with Gasteiger partial charge in [-0.3, -0.25) is 19.2 Å². The fraction of sp³-hybridized carbons (Fsp3) is 0.391. The molecule has 158 valence electrons. The predicted octanol–water partition coefficient (Wildman–Crippen LogP) is 3.23. The van der Waals surface area contributed by atoms with Crippen LogP contribution in [0.4, 0.5) is 5.69 Å². The number of aromatic nitrogens is 1. The Kier molecular flexibility index (Phi) is 5.92. The summed E-state index contributed by atoms with van der Waals surface area (Å²) in [5.41, 5.74) is 4.77. The van der Waals surface area contributed by atoms with Crippen LogP contribution in [0, 0.1) is 33.6 Å². The third-order valence-electron chi connectivity index (χ3n) is 5.74. The number of ketones is 2. The lowest BCUT2D eigenvalue weighted by Crippen LogP contribution is -2.28. The van der Waals surface area contributed by atoms with Gasteiger partial charge in [-0.2, -0.15) is 0 Å². The lowest BCUT2D eigenvalue weighted by molar-refractivity contribution is -0.147. The summed E-state index contributed by atoms with van der Waals surface area (Å²) in [5.74, 6) is -1.87. The van der Waals surface area contributed by atoms with Crippen molar-refractivity contribution in [2.75, 3.05) is 18.1 Å². The minimum atomic E-state index is -0.621. The maximum absolute atomic E-state index is 12.5. The van der Waals surface area contributed by atoms with Crippen molar-refractivity contribution >= 4 is 29.1 Å². The van der Waals surface area contributed by atoms with Gasteiger partial charge in [0, 0.05) is 29.9 Å². The Morgan fingerprint density at radius 1 is 1.13 bits per heavy atom. The van der Waals surface area contributed by atoms with E-state index in [0.29, 0.717) is 16.8 Å². The zero-order valence-electron chi connectivity index (χ0n) is 17.9. The Hall–Kier alpha value is -3.22. The molecule has 1 saturated heterocycles. The van der Waals surface area contributed by atoms with Gasteiger partial charge in [-0.05, 0) is 57.4 Å². The van der Waals surface area contributed by atoms with Gasteiger partial charge in [0.25, 0.3) is 0 Å². The molecule has 0 spiro atoms. The molecule has 7 nitrogen and oxygen atoms in total. The number of ether oxygens (including phenoxy) is 1. The van der Waals surface area contributed by atoms with E-state index in [2.05, 4.69) is 4.98 Å². The van der Waals surface area contributed by atoms with E-state index >= 15 is 0 Å². The first-order chi connectivity index (χ1) is 14.1. The second-order valence-electron chi connectivity index (χ2n) is 7.84. The molecule has 2 aromatic rings. The lowest BCUT2D eigenvalue weighted by atomic mass is 10.1. The van der Waals surface area contributed by atoms with Gasteiger partial charge >= 0.3 is 5.97 Å². The number of Topliss-reactive ketones (excluding diaryl/α,β-unsaturated/α-hetero) is 2. The number of aromatic amines is 1. The monoisotopic (exact) mass is 410 g/mol. The zero-order valence-corrected chi connectivity index (χ0v) is 17.9. The highest BCUT2D eigenvalue weighted by Gasteiger charge is 2.37. The zero-order chi connectivity index (χ0) is 22.2. The number of hydrogen-bond donors (Lipinski definition) is 1. The molecule has 1 atom stereocenters. The smallest absolute Gasteiger partial charge is 0.311 e. The second-order valence-corrected chi connectivity index (χ2v) is 7.84. The van der Waals surface area contributed by atoms with Gasteiger partial charge in [-0.15, -0.1) is 0 Å². The maximum atomic E-state index is 12.5. The summed E-state index contributed by atoms with van der Waals surface area (Å²) < 4.78 is 5.22. The highest BCUT2D eigenvalue weighted by molar-refractivity contribution is 6.04. The Morgan fingerprint density at radius 2 is 1.83 bits per heavy atom. The molecule has 0 unspecified atom stereocenters. The van der Waals surface area contributed by atoms with Gasteiger partial charge < -0.3 is 14.6 Å². The average molecular weight is 410 g/mol. The van der Waals surface area contributed by atoms with Crippen molar-refractivity contribution in [3.63, 3.8) is 0 Å². The van der Waals surface area contributed by atoms with Gasteiger partial charge in [-0.1, -0.05) is 12.1 Å². The normalized spacial score (nSPS) is 16.1. The SMILES string of the molecule is CC(=O)c1c(C)[nH]c(C(=O)COC(=O)[C@@H]2CC(=O)N(c3cccc(C)c3C)C2)c1C. The number of benzene rings is 1. The summed E-state index contributed by atoms with van der Waals surface area (Å²) in [6.45, 7) is 8.55. The Labute approximate surface area is 175 Å². The lowest BCUT2D eigenvalue weighted by Gasteiger charge is -2.20. The third kappa shape index (κ3) is 3.92. The molecule has 0 saturated carbocycles. The number of nitrogens with one attached hydrogen (secondary N) is 1. The summed E-state index contributed by atoms with van der Waals surface area (Å²) in [7, 11) is 0. The fourth-order valence-corrected chi connectivity index (χ4v) is 4.01. The summed E-state index contributed by atoms with van der Waals surface area (Å²) in [5, 5.41) is 0. The highest BCUT2D eigenvalue weighted by atomic mass is 16.5. The first-order valence-corrected chi connectivity index (χ1v) is 9.88. The van der Waals surface area contributed by atoms with Crippen molar-refractivity contribution in [3.8, 4) is 0 Å². The quantitative estimate of drug-likeness (QED) is 0.583. The Morgan fingerprint density at radius 3 is 2.47 bits per heavy atom. The van der Waals surface area contributed by atoms with Gasteiger partial charge in [-0.25, -0.2) is 0 Å². The number of amides is 1. The summed E-state index contributed by atoms with van der Waals surface area (Å²) in [6, 6.07) is 5.71. The Balaban J connectivity index is 1.65. The van der Waals surface area contributed by atoms with E-state index in [0.717, 1.165) is 16.8 Å². The fourth-order valence-electron chi connectivity index (χ4n) is 4.01. The number of esters is 1. The predicted molar refractivity (Wildman–Crippen MR) is 112 cm³/mol. The van der Waals surface area contributed by atoms with Gasteiger partial charge in [0.05, 0.1) is 11.6 Å². The van der Waals surface area contributed by atoms with Crippen molar-refractivity contribution in [1.29, 1.82) is 0 Å². The standard InChI is InChI=1S/C23H26N2O5/c1-12-7-6-8-18(13(12)2)25-10-17(9-20(25)28)23(29)30-11-19(27)22-14(3)21(16(5)26)15(4)24-22/h6-8,17,24H,9-11H2,1-5H3/t17-/m1/s1. The van der Waals surface area contributed by atoms with E-state index in [9.17, 15) is 19.2 Å². The average Bonchev–Trinajstić information content (AvgIpc) is 3.21. The van der Waals surface area contributed by atoms with Crippen LogP contribution in [-0.4, -0.2) is 41.6 Å². The topological polar surface area (TPSA) is 96.5 Å². The van der Waals surface area contributed by atoms with Crippen molar-refractivity contribution in [2.24, 2.45) is 5.92 Å². The molecule has 0 aliphatic carbocycles. The Bertz CT molecular complexity index is 1050. The number of nitrogens with zero attached hydrogens (tertiary/aromatic N) is 1. The van der Waals surface area contributed by atoms with Crippen molar-refractivity contribution < 1.29 is 23.9 Å². The van der Waals surface area contributed by atoms with Crippen molar-refractivity contribution in [1.82, 2.24) is 4.98 Å². The molecule has 1 amide bonds. The molecule has 2 heterocycles. The number of carbonyl (C=O) groups excluding carboxylic acids is 4. The molecule has 3 rings (SSSR count). The van der Waals surface area contributed by atoms with Crippen LogP contribution in [0.15, 0.2) is 18.2 Å². The number of H-pyrrole nitrogens is 1. The van der Waals surface area contributed by atoms with Crippen molar-refractivity contribution in [2.45, 2.75) is 41.0 Å². The molecule has 0 radical (unpaired) electrons. The summed E-state index contributed by atoms with van der Waals surface area (Å²) in [4.78, 5) is 53.7. The number of carbonyl (C=O) groups is 4. The molecule has 1 fully saturated rings. The van der Waals surface area contributed by atoms with E-state index in [-0.39, 0.29) is 30.3 Å². The molecular formula is C23H26N2O5. The minimum absolute atomic E-state index is 0.0511. The number of hydrogen-bond acceptors (Lipinski definition) is 5. The van der Waals surface area contributed by atoms with Crippen LogP contribution in [-0.2, 0) is 14.3 Å². The van der Waals surface area contributed by atoms with E-state index < -0.39 is 24.3 Å². The molecule has 1 aromatic carbocycles. The summed E-state index contributed by atoms with van der Waals surface area (Å²) in [6.07, 6.45) is 0.0511. The van der Waals surface area contributed by atoms with Crippen LogP contribution < -0.4 is 4.90 Å². The van der Waals surface area contributed by atoms with Gasteiger partial charge in [0.1, 0.15) is 0 Å². The van der Waals surface area contributed by atoms with Gasteiger partial charge in [0.15, 0.2) is 12.4 Å². The minimum Gasteiger partial charge on any atom is -0.457 e. The van der Waals surface area contributed by atoms with E-state index in [1.807, 2.05) is 32.0 Å². The van der Waals surface area contributed by atoms with E-state index in [1.165, 1.54) is 6.92 Å². The summed E-state index contributed by atoms with van der Waals surface area (Å²) >= 11 is 0. The molecule has 1 N–H and O–H groups in total. The molecule has 7 heteroatoms. The molecule has 0 bridgehead atoms. The van der Waals surface area contributed by atoms with E-state index in [4.69, 9.17) is 4.74 Å².